The summed E-state index contributed by atoms with van der Waals surface area (Å²) >= 11 is 0. The minimum absolute atomic E-state index is 0.182. The Balaban J connectivity index is 2.35. The van der Waals surface area contributed by atoms with Crippen LogP contribution in [0.25, 0.3) is 0 Å². The van der Waals surface area contributed by atoms with E-state index in [1.165, 1.54) is 0 Å². The van der Waals surface area contributed by atoms with E-state index in [1.54, 1.807) is 4.90 Å². The first-order chi connectivity index (χ1) is 6.09. The largest absolute Gasteiger partial charge is 0.463 e. The maximum atomic E-state index is 10.8. The third-order valence-electron chi connectivity index (χ3n) is 1.84. The number of cyclic esters (lactones) is 1. The molecule has 1 unspecified atom stereocenters. The van der Waals surface area contributed by atoms with Crippen LogP contribution in [-0.4, -0.2) is 49.1 Å². The van der Waals surface area contributed by atoms with E-state index in [1.807, 2.05) is 0 Å². The molecule has 6 nitrogen and oxygen atoms in total. The lowest BCUT2D eigenvalue weighted by Gasteiger charge is -2.26. The van der Waals surface area contributed by atoms with Gasteiger partial charge in [0.1, 0.15) is 6.61 Å². The summed E-state index contributed by atoms with van der Waals surface area (Å²) < 4.78 is 4.71. The number of nitrogens with zero attached hydrogens (tertiary/aromatic N) is 1. The predicted molar refractivity (Wildman–Crippen MR) is 44.6 cm³/mol. The first kappa shape index (κ1) is 9.94. The third-order valence-corrected chi connectivity index (χ3v) is 1.84. The van der Waals surface area contributed by atoms with Crippen molar-refractivity contribution in [1.29, 1.82) is 0 Å². The zero-order valence-corrected chi connectivity index (χ0v) is 7.23. The zero-order valence-electron chi connectivity index (χ0n) is 7.23. The van der Waals surface area contributed by atoms with Gasteiger partial charge in [-0.15, -0.1) is 0 Å². The summed E-state index contributed by atoms with van der Waals surface area (Å²) in [7, 11) is 0. The summed E-state index contributed by atoms with van der Waals surface area (Å²) in [5.41, 5.74) is 10.4. The van der Waals surface area contributed by atoms with Gasteiger partial charge in [0.15, 0.2) is 0 Å². The van der Waals surface area contributed by atoms with Crippen molar-refractivity contribution in [3.8, 4) is 0 Å². The molecule has 1 saturated heterocycles. The molecule has 0 bridgehead atoms. The molecular formula is C7H13N3O3. The number of carbonyl (C=O) groups is 2. The van der Waals surface area contributed by atoms with Crippen molar-refractivity contribution >= 4 is 11.9 Å². The van der Waals surface area contributed by atoms with E-state index in [-0.39, 0.29) is 12.5 Å². The highest BCUT2D eigenvalue weighted by Crippen LogP contribution is 1.98. The van der Waals surface area contributed by atoms with E-state index in [0.29, 0.717) is 19.7 Å². The maximum Gasteiger partial charge on any atom is 0.320 e. The first-order valence-corrected chi connectivity index (χ1v) is 4.02. The highest BCUT2D eigenvalue weighted by molar-refractivity contribution is 5.80. The number of hydrogen-bond donors (Lipinski definition) is 2. The SMILES string of the molecule is NC(=O)C(N)CN1CCOC(=O)C1. The van der Waals surface area contributed by atoms with Gasteiger partial charge in [0.25, 0.3) is 0 Å². The quantitative estimate of drug-likeness (QED) is 0.482. The molecule has 0 aromatic heterocycles. The van der Waals surface area contributed by atoms with E-state index < -0.39 is 11.9 Å². The van der Waals surface area contributed by atoms with Gasteiger partial charge in [-0.25, -0.2) is 0 Å². The molecule has 1 amide bonds. The van der Waals surface area contributed by atoms with Crippen LogP contribution >= 0.6 is 0 Å². The van der Waals surface area contributed by atoms with Gasteiger partial charge in [0.2, 0.25) is 5.91 Å². The van der Waals surface area contributed by atoms with Crippen LogP contribution in [0.5, 0.6) is 0 Å². The Morgan fingerprint density at radius 3 is 2.92 bits per heavy atom. The number of amides is 1. The molecule has 13 heavy (non-hydrogen) atoms. The zero-order chi connectivity index (χ0) is 9.84. The summed E-state index contributed by atoms with van der Waals surface area (Å²) in [5.74, 6) is -0.845. The standard InChI is InChI=1S/C7H13N3O3/c8-5(7(9)12)3-10-1-2-13-6(11)4-10/h5H,1-4,8H2,(H2,9,12). The van der Waals surface area contributed by atoms with E-state index in [0.717, 1.165) is 0 Å². The average molecular weight is 187 g/mol. The second kappa shape index (κ2) is 4.20. The number of primary amides is 1. The van der Waals surface area contributed by atoms with E-state index >= 15 is 0 Å². The lowest BCUT2D eigenvalue weighted by molar-refractivity contribution is -0.150. The van der Waals surface area contributed by atoms with E-state index in [9.17, 15) is 9.59 Å². The number of hydrogen-bond acceptors (Lipinski definition) is 5. The number of esters is 1. The molecule has 4 N–H and O–H groups in total. The minimum atomic E-state index is -0.717. The molecule has 1 rings (SSSR count). The molecule has 0 saturated carbocycles. The molecule has 0 spiro atoms. The molecule has 1 fully saturated rings. The van der Waals surface area contributed by atoms with Gasteiger partial charge in [-0.2, -0.15) is 0 Å². The highest BCUT2D eigenvalue weighted by Gasteiger charge is 2.21. The van der Waals surface area contributed by atoms with Gasteiger partial charge < -0.3 is 16.2 Å². The third kappa shape index (κ3) is 3.00. The monoisotopic (exact) mass is 187 g/mol. The Morgan fingerprint density at radius 2 is 2.38 bits per heavy atom. The summed E-state index contributed by atoms with van der Waals surface area (Å²) in [6.07, 6.45) is 0. The molecule has 1 aliphatic heterocycles. The van der Waals surface area contributed by atoms with Crippen LogP contribution in [0.3, 0.4) is 0 Å². The summed E-state index contributed by atoms with van der Waals surface area (Å²) in [6.45, 7) is 1.45. The topological polar surface area (TPSA) is 98.7 Å². The van der Waals surface area contributed by atoms with Crippen molar-refractivity contribution in [3.63, 3.8) is 0 Å². The van der Waals surface area contributed by atoms with Gasteiger partial charge in [0, 0.05) is 13.1 Å². The first-order valence-electron chi connectivity index (χ1n) is 4.02. The van der Waals surface area contributed by atoms with Gasteiger partial charge in [-0.05, 0) is 0 Å². The molecule has 0 radical (unpaired) electrons. The Hall–Kier alpha value is -1.14. The molecule has 1 aliphatic rings. The lowest BCUT2D eigenvalue weighted by Crippen LogP contribution is -2.50. The highest BCUT2D eigenvalue weighted by atomic mass is 16.5. The molecule has 0 aliphatic carbocycles. The lowest BCUT2D eigenvalue weighted by atomic mass is 10.2. The Kier molecular flexibility index (Phi) is 3.21. The summed E-state index contributed by atoms with van der Waals surface area (Å²) in [6, 6.07) is -0.717. The Labute approximate surface area is 75.8 Å². The molecule has 0 aromatic rings. The van der Waals surface area contributed by atoms with Crippen LogP contribution in [0.15, 0.2) is 0 Å². The maximum absolute atomic E-state index is 10.8. The van der Waals surface area contributed by atoms with Gasteiger partial charge in [0.05, 0.1) is 12.6 Å². The number of morpholine rings is 1. The predicted octanol–water partition coefficient (Wildman–Crippen LogP) is -2.34. The fourth-order valence-electron chi connectivity index (χ4n) is 1.12. The van der Waals surface area contributed by atoms with Crippen LogP contribution in [0.4, 0.5) is 0 Å². The van der Waals surface area contributed by atoms with Crippen LogP contribution < -0.4 is 11.5 Å². The fraction of sp³-hybridized carbons (Fsp3) is 0.714. The van der Waals surface area contributed by atoms with Gasteiger partial charge >= 0.3 is 5.97 Å². The van der Waals surface area contributed by atoms with Crippen LogP contribution in [0.1, 0.15) is 0 Å². The number of rotatable bonds is 3. The summed E-state index contributed by atoms with van der Waals surface area (Å²) in [4.78, 5) is 23.2. The fourth-order valence-corrected chi connectivity index (χ4v) is 1.12. The normalized spacial score (nSPS) is 20.8. The Bertz CT molecular complexity index is 219. The molecule has 0 aromatic carbocycles. The van der Waals surface area contributed by atoms with Crippen LogP contribution in [0, 0.1) is 0 Å². The van der Waals surface area contributed by atoms with Crippen molar-refractivity contribution < 1.29 is 14.3 Å². The molecular weight excluding hydrogens is 174 g/mol. The van der Waals surface area contributed by atoms with Crippen molar-refractivity contribution in [2.45, 2.75) is 6.04 Å². The second-order valence-electron chi connectivity index (χ2n) is 2.96. The van der Waals surface area contributed by atoms with Crippen molar-refractivity contribution in [1.82, 2.24) is 4.90 Å². The average Bonchev–Trinajstić information content (AvgIpc) is 2.04. The summed E-state index contributed by atoms with van der Waals surface area (Å²) in [5, 5.41) is 0. The van der Waals surface area contributed by atoms with Gasteiger partial charge in [-0.1, -0.05) is 0 Å². The number of carbonyl (C=O) groups excluding carboxylic acids is 2. The van der Waals surface area contributed by atoms with Crippen LogP contribution in [0.2, 0.25) is 0 Å². The second-order valence-corrected chi connectivity index (χ2v) is 2.96. The van der Waals surface area contributed by atoms with Crippen molar-refractivity contribution in [3.05, 3.63) is 0 Å². The molecule has 1 atom stereocenters. The van der Waals surface area contributed by atoms with E-state index in [2.05, 4.69) is 0 Å². The van der Waals surface area contributed by atoms with Gasteiger partial charge in [-0.3, -0.25) is 14.5 Å². The number of nitrogens with two attached hydrogens (primary N) is 2. The minimum Gasteiger partial charge on any atom is -0.463 e. The van der Waals surface area contributed by atoms with Crippen molar-refractivity contribution in [2.75, 3.05) is 26.2 Å². The Morgan fingerprint density at radius 1 is 1.69 bits per heavy atom. The molecule has 6 heteroatoms. The van der Waals surface area contributed by atoms with Crippen LogP contribution in [-0.2, 0) is 14.3 Å². The van der Waals surface area contributed by atoms with Crippen molar-refractivity contribution in [2.24, 2.45) is 11.5 Å². The molecule has 1 heterocycles. The number of ether oxygens (including phenoxy) is 1. The van der Waals surface area contributed by atoms with E-state index in [4.69, 9.17) is 16.2 Å². The smallest absolute Gasteiger partial charge is 0.320 e. The molecule has 74 valence electrons.